The number of hydrogen-bond donors (Lipinski definition) is 2. The van der Waals surface area contributed by atoms with Gasteiger partial charge in [0.05, 0.1) is 11.4 Å². The highest BCUT2D eigenvalue weighted by molar-refractivity contribution is 5.94. The largest absolute Gasteiger partial charge is 0.508 e. The SMILES string of the molecule is O=C(O)N1CCN(c2ccc(O)cc2)c2ccccc21. The van der Waals surface area contributed by atoms with E-state index in [4.69, 9.17) is 0 Å². The summed E-state index contributed by atoms with van der Waals surface area (Å²) < 4.78 is 0. The molecule has 0 bridgehead atoms. The first kappa shape index (κ1) is 12.3. The number of nitrogens with zero attached hydrogens (tertiary/aromatic N) is 2. The van der Waals surface area contributed by atoms with Crippen LogP contribution < -0.4 is 9.80 Å². The second-order valence-corrected chi connectivity index (χ2v) is 4.59. The van der Waals surface area contributed by atoms with Crippen molar-refractivity contribution in [3.05, 3.63) is 48.5 Å². The third-order valence-electron chi connectivity index (χ3n) is 3.40. The Morgan fingerprint density at radius 1 is 0.950 bits per heavy atom. The minimum absolute atomic E-state index is 0.214. The summed E-state index contributed by atoms with van der Waals surface area (Å²) in [5, 5.41) is 18.6. The zero-order chi connectivity index (χ0) is 14.1. The number of para-hydroxylation sites is 2. The van der Waals surface area contributed by atoms with E-state index in [9.17, 15) is 15.0 Å². The number of phenols is 1. The number of phenolic OH excluding ortho intramolecular Hbond substituents is 1. The molecule has 1 aliphatic rings. The van der Waals surface area contributed by atoms with E-state index in [0.717, 1.165) is 11.4 Å². The van der Waals surface area contributed by atoms with Crippen LogP contribution in [0.25, 0.3) is 0 Å². The average molecular weight is 270 g/mol. The monoisotopic (exact) mass is 270 g/mol. The Hall–Kier alpha value is -2.69. The van der Waals surface area contributed by atoms with Crippen molar-refractivity contribution in [3.8, 4) is 5.75 Å². The molecule has 2 aromatic carbocycles. The van der Waals surface area contributed by atoms with Crippen LogP contribution in [0.4, 0.5) is 21.9 Å². The number of benzene rings is 2. The van der Waals surface area contributed by atoms with E-state index in [-0.39, 0.29) is 5.75 Å². The van der Waals surface area contributed by atoms with Crippen molar-refractivity contribution in [2.75, 3.05) is 22.9 Å². The standard InChI is InChI=1S/C15H14N2O3/c18-12-7-5-11(6-8-12)16-9-10-17(15(19)20)14-4-2-1-3-13(14)16/h1-8,18H,9-10H2,(H,19,20). The van der Waals surface area contributed by atoms with Crippen LogP contribution >= 0.6 is 0 Å². The number of aromatic hydroxyl groups is 1. The molecule has 0 fully saturated rings. The molecule has 0 atom stereocenters. The molecule has 1 amide bonds. The molecule has 1 heterocycles. The lowest BCUT2D eigenvalue weighted by atomic mass is 10.1. The van der Waals surface area contributed by atoms with Crippen LogP contribution in [-0.2, 0) is 0 Å². The Morgan fingerprint density at radius 2 is 1.60 bits per heavy atom. The second-order valence-electron chi connectivity index (χ2n) is 4.59. The molecule has 0 unspecified atom stereocenters. The molecule has 0 spiro atoms. The Morgan fingerprint density at radius 3 is 2.25 bits per heavy atom. The van der Waals surface area contributed by atoms with Crippen molar-refractivity contribution >= 4 is 23.2 Å². The number of anilines is 3. The lowest BCUT2D eigenvalue weighted by Crippen LogP contribution is -2.41. The van der Waals surface area contributed by atoms with Gasteiger partial charge in [0.1, 0.15) is 5.75 Å². The van der Waals surface area contributed by atoms with Gasteiger partial charge in [0.2, 0.25) is 0 Å². The quantitative estimate of drug-likeness (QED) is 0.836. The molecule has 1 aliphatic heterocycles. The number of carbonyl (C=O) groups is 1. The fraction of sp³-hybridized carbons (Fsp3) is 0.133. The zero-order valence-corrected chi connectivity index (χ0v) is 10.7. The van der Waals surface area contributed by atoms with E-state index in [1.807, 2.05) is 35.2 Å². The number of rotatable bonds is 1. The maximum Gasteiger partial charge on any atom is 0.411 e. The van der Waals surface area contributed by atoms with Gasteiger partial charge in [0.25, 0.3) is 0 Å². The van der Waals surface area contributed by atoms with Gasteiger partial charge in [0, 0.05) is 18.8 Å². The first-order valence-corrected chi connectivity index (χ1v) is 6.33. The summed E-state index contributed by atoms with van der Waals surface area (Å²) in [6, 6.07) is 14.3. The highest BCUT2D eigenvalue weighted by atomic mass is 16.4. The van der Waals surface area contributed by atoms with Crippen molar-refractivity contribution in [3.63, 3.8) is 0 Å². The highest BCUT2D eigenvalue weighted by Gasteiger charge is 2.26. The van der Waals surface area contributed by atoms with Crippen molar-refractivity contribution in [1.82, 2.24) is 0 Å². The predicted octanol–water partition coefficient (Wildman–Crippen LogP) is 3.03. The summed E-state index contributed by atoms with van der Waals surface area (Å²) in [7, 11) is 0. The smallest absolute Gasteiger partial charge is 0.411 e. The number of hydrogen-bond acceptors (Lipinski definition) is 3. The molecule has 5 nitrogen and oxygen atoms in total. The molecular formula is C15H14N2O3. The normalized spacial score (nSPS) is 14.0. The maximum absolute atomic E-state index is 11.3. The van der Waals surface area contributed by atoms with Gasteiger partial charge in [-0.15, -0.1) is 0 Å². The van der Waals surface area contributed by atoms with Gasteiger partial charge in [-0.1, -0.05) is 12.1 Å². The van der Waals surface area contributed by atoms with Crippen LogP contribution in [0, 0.1) is 0 Å². The summed E-state index contributed by atoms with van der Waals surface area (Å²) in [5.74, 6) is 0.214. The molecule has 0 saturated heterocycles. The third kappa shape index (κ3) is 2.03. The molecule has 102 valence electrons. The Kier molecular flexibility index (Phi) is 2.95. The Bertz CT molecular complexity index is 640. The first-order valence-electron chi connectivity index (χ1n) is 6.33. The zero-order valence-electron chi connectivity index (χ0n) is 10.7. The van der Waals surface area contributed by atoms with Crippen LogP contribution in [0.1, 0.15) is 0 Å². The van der Waals surface area contributed by atoms with Crippen molar-refractivity contribution in [2.45, 2.75) is 0 Å². The van der Waals surface area contributed by atoms with Crippen molar-refractivity contribution in [1.29, 1.82) is 0 Å². The topological polar surface area (TPSA) is 64.0 Å². The van der Waals surface area contributed by atoms with E-state index in [2.05, 4.69) is 0 Å². The molecule has 3 rings (SSSR count). The van der Waals surface area contributed by atoms with E-state index in [1.54, 1.807) is 18.2 Å². The lowest BCUT2D eigenvalue weighted by molar-refractivity contribution is 0.201. The molecule has 2 N–H and O–H groups in total. The van der Waals surface area contributed by atoms with E-state index in [0.29, 0.717) is 18.8 Å². The highest BCUT2D eigenvalue weighted by Crippen LogP contribution is 2.37. The van der Waals surface area contributed by atoms with Crippen LogP contribution in [-0.4, -0.2) is 29.4 Å². The van der Waals surface area contributed by atoms with E-state index < -0.39 is 6.09 Å². The summed E-state index contributed by atoms with van der Waals surface area (Å²) in [6.45, 7) is 0.987. The van der Waals surface area contributed by atoms with Gasteiger partial charge in [-0.25, -0.2) is 4.79 Å². The minimum Gasteiger partial charge on any atom is -0.508 e. The maximum atomic E-state index is 11.3. The average Bonchev–Trinajstić information content (AvgIpc) is 2.47. The first-order chi connectivity index (χ1) is 9.66. The van der Waals surface area contributed by atoms with Gasteiger partial charge in [0.15, 0.2) is 0 Å². The van der Waals surface area contributed by atoms with E-state index in [1.165, 1.54) is 4.90 Å². The Balaban J connectivity index is 2.04. The predicted molar refractivity (Wildman–Crippen MR) is 76.9 cm³/mol. The van der Waals surface area contributed by atoms with E-state index >= 15 is 0 Å². The fourth-order valence-electron chi connectivity index (χ4n) is 2.46. The van der Waals surface area contributed by atoms with Crippen LogP contribution in [0.3, 0.4) is 0 Å². The summed E-state index contributed by atoms with van der Waals surface area (Å²) in [5.41, 5.74) is 2.46. The second kappa shape index (κ2) is 4.77. The van der Waals surface area contributed by atoms with Gasteiger partial charge >= 0.3 is 6.09 Å². The summed E-state index contributed by atoms with van der Waals surface area (Å²) in [4.78, 5) is 14.7. The summed E-state index contributed by atoms with van der Waals surface area (Å²) in [6.07, 6.45) is -0.942. The molecule has 0 radical (unpaired) electrons. The molecule has 0 saturated carbocycles. The molecule has 2 aromatic rings. The molecule has 20 heavy (non-hydrogen) atoms. The lowest BCUT2D eigenvalue weighted by Gasteiger charge is -2.36. The molecule has 5 heteroatoms. The number of amides is 1. The van der Waals surface area contributed by atoms with Crippen LogP contribution in [0.5, 0.6) is 5.75 Å². The van der Waals surface area contributed by atoms with Gasteiger partial charge in [-0.05, 0) is 36.4 Å². The van der Waals surface area contributed by atoms with Crippen molar-refractivity contribution < 1.29 is 15.0 Å². The molecule has 0 aliphatic carbocycles. The number of fused-ring (bicyclic) bond motifs is 1. The molecule has 0 aromatic heterocycles. The van der Waals surface area contributed by atoms with Crippen molar-refractivity contribution in [2.24, 2.45) is 0 Å². The van der Waals surface area contributed by atoms with Gasteiger partial charge < -0.3 is 15.1 Å². The molecular weight excluding hydrogens is 256 g/mol. The van der Waals surface area contributed by atoms with Crippen LogP contribution in [0.2, 0.25) is 0 Å². The van der Waals surface area contributed by atoms with Gasteiger partial charge in [-0.2, -0.15) is 0 Å². The number of carboxylic acid groups (broad SMARTS) is 1. The van der Waals surface area contributed by atoms with Gasteiger partial charge in [-0.3, -0.25) is 4.90 Å². The minimum atomic E-state index is -0.942. The third-order valence-corrected chi connectivity index (χ3v) is 3.40. The Labute approximate surface area is 116 Å². The van der Waals surface area contributed by atoms with Crippen LogP contribution in [0.15, 0.2) is 48.5 Å². The fourth-order valence-corrected chi connectivity index (χ4v) is 2.46. The summed E-state index contributed by atoms with van der Waals surface area (Å²) >= 11 is 0.